The third-order valence-electron chi connectivity index (χ3n) is 2.09. The van der Waals surface area contributed by atoms with E-state index < -0.39 is 0 Å². The first kappa shape index (κ1) is 13.0. The van der Waals surface area contributed by atoms with E-state index in [9.17, 15) is 0 Å². The average molecular weight is 193 g/mol. The summed E-state index contributed by atoms with van der Waals surface area (Å²) in [6.45, 7) is 11.3. The Morgan fingerprint density at radius 2 is 1.64 bits per heavy atom. The summed E-state index contributed by atoms with van der Waals surface area (Å²) in [6, 6.07) is 8.50. The Morgan fingerprint density at radius 3 is 2.21 bits per heavy atom. The van der Waals surface area contributed by atoms with Gasteiger partial charge in [0.25, 0.3) is 0 Å². The average Bonchev–Trinajstić information content (AvgIpc) is 2.67. The van der Waals surface area contributed by atoms with Gasteiger partial charge in [0.1, 0.15) is 0 Å². The third-order valence-corrected chi connectivity index (χ3v) is 2.09. The highest BCUT2D eigenvalue weighted by Crippen LogP contribution is 2.29. The molecule has 0 fully saturated rings. The second kappa shape index (κ2) is 7.43. The number of anilines is 1. The van der Waals surface area contributed by atoms with Gasteiger partial charge in [0.15, 0.2) is 0 Å². The molecule has 1 aliphatic heterocycles. The summed E-state index contributed by atoms with van der Waals surface area (Å²) in [6.07, 6.45) is 0. The number of benzene rings is 1. The van der Waals surface area contributed by atoms with Crippen LogP contribution < -0.4 is 5.32 Å². The van der Waals surface area contributed by atoms with Crippen LogP contribution in [0.25, 0.3) is 0 Å². The van der Waals surface area contributed by atoms with Crippen molar-refractivity contribution in [3.05, 3.63) is 29.8 Å². The van der Waals surface area contributed by atoms with Crippen LogP contribution in [0.4, 0.5) is 5.69 Å². The second-order valence-electron chi connectivity index (χ2n) is 2.87. The van der Waals surface area contributed by atoms with Gasteiger partial charge >= 0.3 is 0 Å². The van der Waals surface area contributed by atoms with E-state index in [4.69, 9.17) is 0 Å². The molecule has 1 aliphatic rings. The van der Waals surface area contributed by atoms with E-state index in [-0.39, 0.29) is 0 Å². The van der Waals surface area contributed by atoms with E-state index >= 15 is 0 Å². The quantitative estimate of drug-likeness (QED) is 0.649. The molecule has 1 aromatic carbocycles. The summed E-state index contributed by atoms with van der Waals surface area (Å²) in [7, 11) is 0. The van der Waals surface area contributed by atoms with Gasteiger partial charge in [0, 0.05) is 18.2 Å². The number of rotatable bonds is 0. The number of hydrogen-bond donors (Lipinski definition) is 1. The van der Waals surface area contributed by atoms with Crippen molar-refractivity contribution < 1.29 is 0 Å². The van der Waals surface area contributed by atoms with Crippen LogP contribution in [0.15, 0.2) is 24.3 Å². The molecule has 2 rings (SSSR count). The molecule has 0 amide bonds. The fourth-order valence-electron chi connectivity index (χ4n) is 1.46. The van der Waals surface area contributed by atoms with E-state index in [1.54, 1.807) is 0 Å². The lowest BCUT2D eigenvalue weighted by Gasteiger charge is -1.98. The molecule has 0 aromatic heterocycles. The second-order valence-corrected chi connectivity index (χ2v) is 2.87. The zero-order valence-corrected chi connectivity index (χ0v) is 10.1. The van der Waals surface area contributed by atoms with Gasteiger partial charge in [-0.15, -0.1) is 0 Å². The predicted molar refractivity (Wildman–Crippen MR) is 66.0 cm³/mol. The lowest BCUT2D eigenvalue weighted by molar-refractivity contribution is 0.854. The third kappa shape index (κ3) is 3.06. The summed E-state index contributed by atoms with van der Waals surface area (Å²) >= 11 is 0. The minimum Gasteiger partial charge on any atom is -0.384 e. The highest BCUT2D eigenvalue weighted by molar-refractivity contribution is 5.57. The fraction of sp³-hybridized carbons (Fsp3) is 0.538. The van der Waals surface area contributed by atoms with Gasteiger partial charge in [-0.25, -0.2) is 0 Å². The predicted octanol–water partition coefficient (Wildman–Crippen LogP) is 4.27. The summed E-state index contributed by atoms with van der Waals surface area (Å²) in [5.41, 5.74) is 2.78. The van der Waals surface area contributed by atoms with Crippen molar-refractivity contribution >= 4 is 5.69 Å². The molecule has 1 nitrogen and oxygen atoms in total. The van der Waals surface area contributed by atoms with Crippen LogP contribution in [-0.2, 0) is 0 Å². The molecule has 0 bridgehead atoms. The van der Waals surface area contributed by atoms with Crippen molar-refractivity contribution in [1.82, 2.24) is 0 Å². The number of fused-ring (bicyclic) bond motifs is 1. The summed E-state index contributed by atoms with van der Waals surface area (Å²) in [5, 5.41) is 3.35. The Balaban J connectivity index is 0.000000379. The van der Waals surface area contributed by atoms with Crippen LogP contribution in [0, 0.1) is 0 Å². The van der Waals surface area contributed by atoms with E-state index in [0.29, 0.717) is 5.92 Å². The molecule has 0 saturated heterocycles. The molecule has 0 saturated carbocycles. The summed E-state index contributed by atoms with van der Waals surface area (Å²) < 4.78 is 0. The minimum atomic E-state index is 0.691. The van der Waals surface area contributed by atoms with E-state index in [1.807, 2.05) is 27.7 Å². The van der Waals surface area contributed by atoms with Gasteiger partial charge in [-0.05, 0) is 11.6 Å². The van der Waals surface area contributed by atoms with Crippen LogP contribution in [-0.4, -0.2) is 6.54 Å². The number of para-hydroxylation sites is 1. The first-order chi connectivity index (χ1) is 6.88. The molecule has 1 N–H and O–H groups in total. The Labute approximate surface area is 88.5 Å². The molecular formula is C13H23N. The molecule has 0 aliphatic carbocycles. The van der Waals surface area contributed by atoms with Gasteiger partial charge in [-0.3, -0.25) is 0 Å². The Kier molecular flexibility index (Phi) is 6.91. The van der Waals surface area contributed by atoms with Gasteiger partial charge in [0.2, 0.25) is 0 Å². The molecule has 1 aromatic rings. The standard InChI is InChI=1S/C9H11N.2C2H6/c1-7-6-10-9-5-3-2-4-8(7)9;2*1-2/h2-5,7,10H,6H2,1H3;2*1-2H3. The Hall–Kier alpha value is -0.980. The summed E-state index contributed by atoms with van der Waals surface area (Å²) in [4.78, 5) is 0. The maximum atomic E-state index is 3.35. The SMILES string of the molecule is CC.CC.CC1CNc2ccccc21. The van der Waals surface area contributed by atoms with Gasteiger partial charge in [-0.1, -0.05) is 52.8 Å². The lowest BCUT2D eigenvalue weighted by Crippen LogP contribution is -1.95. The molecule has 80 valence electrons. The molecule has 1 heteroatoms. The maximum absolute atomic E-state index is 3.35. The number of hydrogen-bond acceptors (Lipinski definition) is 1. The molecule has 14 heavy (non-hydrogen) atoms. The summed E-state index contributed by atoms with van der Waals surface area (Å²) in [5.74, 6) is 0.691. The van der Waals surface area contributed by atoms with Crippen molar-refractivity contribution in [2.75, 3.05) is 11.9 Å². The highest BCUT2D eigenvalue weighted by Gasteiger charge is 2.15. The maximum Gasteiger partial charge on any atom is 0.0376 e. The van der Waals surface area contributed by atoms with Crippen LogP contribution in [0.3, 0.4) is 0 Å². The van der Waals surface area contributed by atoms with Crippen LogP contribution in [0.1, 0.15) is 46.1 Å². The largest absolute Gasteiger partial charge is 0.384 e. The normalized spacial score (nSPS) is 16.5. The van der Waals surface area contributed by atoms with E-state index in [2.05, 4.69) is 36.5 Å². The van der Waals surface area contributed by atoms with Crippen LogP contribution in [0.5, 0.6) is 0 Å². The molecule has 1 unspecified atom stereocenters. The van der Waals surface area contributed by atoms with Crippen molar-refractivity contribution in [3.63, 3.8) is 0 Å². The van der Waals surface area contributed by atoms with Gasteiger partial charge in [-0.2, -0.15) is 0 Å². The highest BCUT2D eigenvalue weighted by atomic mass is 14.9. The number of nitrogens with one attached hydrogen (secondary N) is 1. The lowest BCUT2D eigenvalue weighted by atomic mass is 10.0. The fourth-order valence-corrected chi connectivity index (χ4v) is 1.46. The topological polar surface area (TPSA) is 12.0 Å². The molecular weight excluding hydrogens is 170 g/mol. The van der Waals surface area contributed by atoms with Crippen LogP contribution >= 0.6 is 0 Å². The van der Waals surface area contributed by atoms with Gasteiger partial charge in [0.05, 0.1) is 0 Å². The smallest absolute Gasteiger partial charge is 0.0376 e. The van der Waals surface area contributed by atoms with Gasteiger partial charge < -0.3 is 5.32 Å². The first-order valence-electron chi connectivity index (χ1n) is 5.71. The zero-order chi connectivity index (χ0) is 11.0. The van der Waals surface area contributed by atoms with Crippen molar-refractivity contribution in [3.8, 4) is 0 Å². The zero-order valence-electron chi connectivity index (χ0n) is 10.1. The van der Waals surface area contributed by atoms with Crippen LogP contribution in [0.2, 0.25) is 0 Å². The van der Waals surface area contributed by atoms with E-state index in [1.165, 1.54) is 11.3 Å². The van der Waals surface area contributed by atoms with Crippen molar-refractivity contribution in [2.24, 2.45) is 0 Å². The molecule has 1 atom stereocenters. The molecule has 1 heterocycles. The molecule has 0 spiro atoms. The van der Waals surface area contributed by atoms with E-state index in [0.717, 1.165) is 6.54 Å². The minimum absolute atomic E-state index is 0.691. The monoisotopic (exact) mass is 193 g/mol. The van der Waals surface area contributed by atoms with Crippen molar-refractivity contribution in [2.45, 2.75) is 40.5 Å². The Morgan fingerprint density at radius 1 is 1.07 bits per heavy atom. The van der Waals surface area contributed by atoms with Crippen molar-refractivity contribution in [1.29, 1.82) is 0 Å². The first-order valence-corrected chi connectivity index (χ1v) is 5.71. The Bertz CT molecular complexity index is 243. The molecule has 0 radical (unpaired) electrons.